The molecule has 0 aromatic rings. The van der Waals surface area contributed by atoms with Gasteiger partial charge >= 0.3 is 5.97 Å². The summed E-state index contributed by atoms with van der Waals surface area (Å²) in [6, 6.07) is 0.593. The molecular formula is C9H17NO3. The molecule has 0 aromatic heterocycles. The van der Waals surface area contributed by atoms with E-state index in [0.29, 0.717) is 18.6 Å². The van der Waals surface area contributed by atoms with Gasteiger partial charge < -0.3 is 14.7 Å². The van der Waals surface area contributed by atoms with Crippen LogP contribution in [-0.2, 0) is 9.53 Å². The number of carboxylic acid groups (broad SMARTS) is 1. The first-order valence-corrected chi connectivity index (χ1v) is 4.63. The second kappa shape index (κ2) is 4.58. The average molecular weight is 187 g/mol. The van der Waals surface area contributed by atoms with Gasteiger partial charge in [0.05, 0.1) is 6.61 Å². The van der Waals surface area contributed by atoms with Gasteiger partial charge in [0.2, 0.25) is 0 Å². The van der Waals surface area contributed by atoms with E-state index in [4.69, 9.17) is 9.84 Å². The Kier molecular flexibility index (Phi) is 3.69. The maximum atomic E-state index is 10.1. The summed E-state index contributed by atoms with van der Waals surface area (Å²) in [5.41, 5.74) is 0. The van der Waals surface area contributed by atoms with Gasteiger partial charge in [-0.3, -0.25) is 0 Å². The Morgan fingerprint density at radius 3 is 2.69 bits per heavy atom. The van der Waals surface area contributed by atoms with Crippen molar-refractivity contribution in [3.05, 3.63) is 0 Å². The summed E-state index contributed by atoms with van der Waals surface area (Å²) in [6.07, 6.45) is 0. The highest BCUT2D eigenvalue weighted by Gasteiger charge is 2.28. The van der Waals surface area contributed by atoms with Crippen molar-refractivity contribution in [2.24, 2.45) is 5.92 Å². The molecular weight excluding hydrogens is 170 g/mol. The largest absolute Gasteiger partial charge is 0.480 e. The van der Waals surface area contributed by atoms with Crippen molar-refractivity contribution in [2.75, 3.05) is 26.3 Å². The van der Waals surface area contributed by atoms with E-state index >= 15 is 0 Å². The highest BCUT2D eigenvalue weighted by atomic mass is 16.5. The second-order valence-corrected chi connectivity index (χ2v) is 3.82. The molecule has 1 fully saturated rings. The standard InChI is InChI=1S/C9H17NO3/c1-7(2)10-3-8(4-10)5-13-6-9(11)12/h7-8H,3-6H2,1-2H3,(H,11,12). The number of carboxylic acids is 1. The van der Waals surface area contributed by atoms with Gasteiger partial charge in [0.15, 0.2) is 0 Å². The van der Waals surface area contributed by atoms with Gasteiger partial charge in [-0.1, -0.05) is 0 Å². The Hall–Kier alpha value is -0.610. The van der Waals surface area contributed by atoms with Gasteiger partial charge in [0.25, 0.3) is 0 Å². The van der Waals surface area contributed by atoms with Crippen LogP contribution in [0, 0.1) is 5.92 Å². The van der Waals surface area contributed by atoms with Gasteiger partial charge in [-0.15, -0.1) is 0 Å². The average Bonchev–Trinajstić information content (AvgIpc) is 1.92. The first kappa shape index (κ1) is 10.5. The lowest BCUT2D eigenvalue weighted by Crippen LogP contribution is -2.51. The minimum absolute atomic E-state index is 0.168. The molecule has 76 valence electrons. The van der Waals surface area contributed by atoms with Gasteiger partial charge in [0.1, 0.15) is 6.61 Å². The molecule has 13 heavy (non-hydrogen) atoms. The number of hydrogen-bond donors (Lipinski definition) is 1. The molecule has 0 bridgehead atoms. The topological polar surface area (TPSA) is 49.8 Å². The summed E-state index contributed by atoms with van der Waals surface area (Å²) in [7, 11) is 0. The maximum absolute atomic E-state index is 10.1. The van der Waals surface area contributed by atoms with Gasteiger partial charge in [-0.2, -0.15) is 0 Å². The molecule has 0 aromatic carbocycles. The van der Waals surface area contributed by atoms with Crippen molar-refractivity contribution in [3.63, 3.8) is 0 Å². The molecule has 1 rings (SSSR count). The van der Waals surface area contributed by atoms with Crippen LogP contribution in [0.2, 0.25) is 0 Å². The molecule has 1 aliphatic rings. The van der Waals surface area contributed by atoms with Crippen LogP contribution in [0.15, 0.2) is 0 Å². The highest BCUT2D eigenvalue weighted by molar-refractivity contribution is 5.67. The predicted octanol–water partition coefficient (Wildman–Crippen LogP) is 0.428. The normalized spacial score (nSPS) is 19.0. The molecule has 4 nitrogen and oxygen atoms in total. The Bertz CT molecular complexity index is 176. The molecule has 1 heterocycles. The second-order valence-electron chi connectivity index (χ2n) is 3.82. The first-order valence-electron chi connectivity index (χ1n) is 4.63. The smallest absolute Gasteiger partial charge is 0.329 e. The molecule has 0 atom stereocenters. The quantitative estimate of drug-likeness (QED) is 0.678. The number of ether oxygens (including phenoxy) is 1. The van der Waals surface area contributed by atoms with Crippen LogP contribution >= 0.6 is 0 Å². The van der Waals surface area contributed by atoms with E-state index in [2.05, 4.69) is 18.7 Å². The molecule has 0 unspecified atom stereocenters. The van der Waals surface area contributed by atoms with E-state index in [1.54, 1.807) is 0 Å². The third-order valence-electron chi connectivity index (χ3n) is 2.29. The summed E-state index contributed by atoms with van der Waals surface area (Å²) in [5.74, 6) is -0.359. The first-order chi connectivity index (χ1) is 6.09. The molecule has 0 radical (unpaired) electrons. The van der Waals surface area contributed by atoms with E-state index in [0.717, 1.165) is 13.1 Å². The summed E-state index contributed by atoms with van der Waals surface area (Å²) < 4.78 is 5.00. The minimum atomic E-state index is -0.889. The molecule has 0 amide bonds. The van der Waals surface area contributed by atoms with Crippen LogP contribution in [0.5, 0.6) is 0 Å². The molecule has 0 aliphatic carbocycles. The predicted molar refractivity (Wildman–Crippen MR) is 48.7 cm³/mol. The van der Waals surface area contributed by atoms with Crippen molar-refractivity contribution in [1.29, 1.82) is 0 Å². The van der Waals surface area contributed by atoms with E-state index in [1.165, 1.54) is 0 Å². The SMILES string of the molecule is CC(C)N1CC(COCC(=O)O)C1. The van der Waals surface area contributed by atoms with Crippen LogP contribution in [-0.4, -0.2) is 48.3 Å². The number of aliphatic carboxylic acids is 1. The number of hydrogen-bond acceptors (Lipinski definition) is 3. The fourth-order valence-electron chi connectivity index (χ4n) is 1.45. The lowest BCUT2D eigenvalue weighted by atomic mass is 9.99. The van der Waals surface area contributed by atoms with Crippen molar-refractivity contribution < 1.29 is 14.6 Å². The molecule has 4 heteroatoms. The van der Waals surface area contributed by atoms with Gasteiger partial charge in [-0.25, -0.2) is 4.79 Å². The van der Waals surface area contributed by atoms with Gasteiger partial charge in [-0.05, 0) is 13.8 Å². The number of rotatable bonds is 5. The van der Waals surface area contributed by atoms with Crippen molar-refractivity contribution >= 4 is 5.97 Å². The lowest BCUT2D eigenvalue weighted by molar-refractivity contribution is -0.143. The molecule has 1 saturated heterocycles. The zero-order valence-electron chi connectivity index (χ0n) is 8.19. The Morgan fingerprint density at radius 2 is 2.23 bits per heavy atom. The molecule has 1 N–H and O–H groups in total. The summed E-state index contributed by atoms with van der Waals surface area (Å²) in [4.78, 5) is 12.5. The minimum Gasteiger partial charge on any atom is -0.480 e. The number of carbonyl (C=O) groups is 1. The molecule has 1 aliphatic heterocycles. The fraction of sp³-hybridized carbons (Fsp3) is 0.889. The molecule has 0 saturated carbocycles. The van der Waals surface area contributed by atoms with Crippen LogP contribution in [0.1, 0.15) is 13.8 Å². The summed E-state index contributed by atoms with van der Waals surface area (Å²) in [6.45, 7) is 6.81. The lowest BCUT2D eigenvalue weighted by Gasteiger charge is -2.41. The van der Waals surface area contributed by atoms with E-state index < -0.39 is 5.97 Å². The van der Waals surface area contributed by atoms with Crippen molar-refractivity contribution in [3.8, 4) is 0 Å². The Morgan fingerprint density at radius 1 is 1.62 bits per heavy atom. The summed E-state index contributed by atoms with van der Waals surface area (Å²) >= 11 is 0. The van der Waals surface area contributed by atoms with Crippen molar-refractivity contribution in [1.82, 2.24) is 4.90 Å². The summed E-state index contributed by atoms with van der Waals surface area (Å²) in [5, 5.41) is 8.32. The number of likely N-dealkylation sites (tertiary alicyclic amines) is 1. The highest BCUT2D eigenvalue weighted by Crippen LogP contribution is 2.18. The van der Waals surface area contributed by atoms with Crippen LogP contribution < -0.4 is 0 Å². The van der Waals surface area contributed by atoms with Crippen LogP contribution in [0.25, 0.3) is 0 Å². The molecule has 0 spiro atoms. The van der Waals surface area contributed by atoms with Crippen LogP contribution in [0.3, 0.4) is 0 Å². The van der Waals surface area contributed by atoms with E-state index in [1.807, 2.05) is 0 Å². The Labute approximate surface area is 78.5 Å². The fourth-order valence-corrected chi connectivity index (χ4v) is 1.45. The zero-order valence-corrected chi connectivity index (χ0v) is 8.19. The third kappa shape index (κ3) is 3.32. The number of nitrogens with zero attached hydrogens (tertiary/aromatic N) is 1. The maximum Gasteiger partial charge on any atom is 0.329 e. The van der Waals surface area contributed by atoms with Crippen LogP contribution in [0.4, 0.5) is 0 Å². The van der Waals surface area contributed by atoms with Crippen molar-refractivity contribution in [2.45, 2.75) is 19.9 Å². The zero-order chi connectivity index (χ0) is 9.84. The van der Waals surface area contributed by atoms with E-state index in [9.17, 15) is 4.79 Å². The Balaban J connectivity index is 1.99. The van der Waals surface area contributed by atoms with E-state index in [-0.39, 0.29) is 6.61 Å². The van der Waals surface area contributed by atoms with Gasteiger partial charge in [0, 0.05) is 25.0 Å². The third-order valence-corrected chi connectivity index (χ3v) is 2.29. The monoisotopic (exact) mass is 187 g/mol.